The average molecular weight is 215 g/mol. The smallest absolute Gasteiger partial charge is 0.167 e. The predicted molar refractivity (Wildman–Crippen MR) is 57.2 cm³/mol. The largest absolute Gasteiger partial charge is 0.397 e. The minimum absolute atomic E-state index is 0.155. The number of rotatable bonds is 2. The molecule has 1 aliphatic rings. The Labute approximate surface area is 87.2 Å². The van der Waals surface area contributed by atoms with Gasteiger partial charge in [-0.25, -0.2) is 4.39 Å². The van der Waals surface area contributed by atoms with Crippen LogP contribution in [0, 0.1) is 12.7 Å². The van der Waals surface area contributed by atoms with Gasteiger partial charge >= 0.3 is 0 Å². The first-order valence-corrected chi connectivity index (χ1v) is 4.98. The van der Waals surface area contributed by atoms with Gasteiger partial charge in [-0.2, -0.15) is 0 Å². The Balaban J connectivity index is 2.40. The summed E-state index contributed by atoms with van der Waals surface area (Å²) in [4.78, 5) is 0. The van der Waals surface area contributed by atoms with Gasteiger partial charge in [-0.15, -0.1) is 0 Å². The summed E-state index contributed by atoms with van der Waals surface area (Å²) in [5, 5.41) is 3.19. The molecule has 1 aliphatic carbocycles. The zero-order valence-electron chi connectivity index (χ0n) is 7.90. The molecule has 0 saturated heterocycles. The first-order valence-electron chi connectivity index (χ1n) is 4.60. The van der Waals surface area contributed by atoms with Crippen molar-refractivity contribution in [2.24, 2.45) is 0 Å². The molecule has 0 heterocycles. The number of nitrogens with two attached hydrogens (primary N) is 1. The van der Waals surface area contributed by atoms with Gasteiger partial charge in [-0.1, -0.05) is 11.6 Å². The molecule has 0 aromatic heterocycles. The fourth-order valence-electron chi connectivity index (χ4n) is 1.36. The molecule has 1 fully saturated rings. The highest BCUT2D eigenvalue weighted by molar-refractivity contribution is 6.32. The van der Waals surface area contributed by atoms with Crippen molar-refractivity contribution in [2.45, 2.75) is 25.8 Å². The lowest BCUT2D eigenvalue weighted by Crippen LogP contribution is -2.07. The third-order valence-corrected chi connectivity index (χ3v) is 2.81. The summed E-state index contributed by atoms with van der Waals surface area (Å²) in [6.45, 7) is 1.74. The highest BCUT2D eigenvalue weighted by atomic mass is 35.5. The van der Waals surface area contributed by atoms with Crippen LogP contribution in [0.5, 0.6) is 0 Å². The minimum atomic E-state index is -0.434. The number of nitrogen functional groups attached to an aromatic ring is 1. The zero-order valence-corrected chi connectivity index (χ0v) is 8.66. The molecule has 0 atom stereocenters. The van der Waals surface area contributed by atoms with E-state index in [0.717, 1.165) is 12.8 Å². The summed E-state index contributed by atoms with van der Waals surface area (Å²) in [5.41, 5.74) is 7.15. The zero-order chi connectivity index (χ0) is 10.3. The summed E-state index contributed by atoms with van der Waals surface area (Å²) in [7, 11) is 0. The molecule has 0 bridgehead atoms. The fraction of sp³-hybridized carbons (Fsp3) is 0.400. The van der Waals surface area contributed by atoms with E-state index in [4.69, 9.17) is 17.3 Å². The summed E-state index contributed by atoms with van der Waals surface area (Å²) < 4.78 is 13.6. The highest BCUT2D eigenvalue weighted by Crippen LogP contribution is 2.35. The van der Waals surface area contributed by atoms with E-state index in [2.05, 4.69) is 5.32 Å². The molecule has 14 heavy (non-hydrogen) atoms. The molecule has 0 unspecified atom stereocenters. The summed E-state index contributed by atoms with van der Waals surface area (Å²) >= 11 is 5.79. The summed E-state index contributed by atoms with van der Waals surface area (Å²) in [6, 6.07) is 2.06. The third kappa shape index (κ3) is 1.64. The van der Waals surface area contributed by atoms with Crippen molar-refractivity contribution < 1.29 is 4.39 Å². The van der Waals surface area contributed by atoms with Crippen LogP contribution in [0.25, 0.3) is 0 Å². The third-order valence-electron chi connectivity index (χ3n) is 2.34. The van der Waals surface area contributed by atoms with E-state index < -0.39 is 5.82 Å². The molecule has 2 nitrogen and oxygen atoms in total. The monoisotopic (exact) mass is 214 g/mol. The Morgan fingerprint density at radius 3 is 2.79 bits per heavy atom. The number of benzene rings is 1. The molecular weight excluding hydrogens is 203 g/mol. The Bertz CT molecular complexity index is 375. The molecule has 3 N–H and O–H groups in total. The van der Waals surface area contributed by atoms with Crippen molar-refractivity contribution >= 4 is 23.0 Å². The molecule has 0 spiro atoms. The fourth-order valence-corrected chi connectivity index (χ4v) is 1.51. The van der Waals surface area contributed by atoms with Crippen molar-refractivity contribution in [1.29, 1.82) is 0 Å². The topological polar surface area (TPSA) is 38.0 Å². The number of halogens is 2. The van der Waals surface area contributed by atoms with E-state index in [9.17, 15) is 4.39 Å². The van der Waals surface area contributed by atoms with Gasteiger partial charge in [0.15, 0.2) is 5.82 Å². The molecule has 1 aromatic carbocycles. The molecule has 4 heteroatoms. The van der Waals surface area contributed by atoms with Gasteiger partial charge in [0, 0.05) is 6.04 Å². The number of aryl methyl sites for hydroxylation is 1. The van der Waals surface area contributed by atoms with Crippen LogP contribution in [-0.4, -0.2) is 6.04 Å². The maximum Gasteiger partial charge on any atom is 0.167 e. The van der Waals surface area contributed by atoms with Crippen LogP contribution in [0.1, 0.15) is 18.4 Å². The van der Waals surface area contributed by atoms with Gasteiger partial charge in [0.05, 0.1) is 16.4 Å². The maximum atomic E-state index is 13.6. The van der Waals surface area contributed by atoms with Gasteiger partial charge in [0.25, 0.3) is 0 Å². The Morgan fingerprint density at radius 2 is 2.21 bits per heavy atom. The first kappa shape index (κ1) is 9.59. The minimum Gasteiger partial charge on any atom is -0.397 e. The lowest BCUT2D eigenvalue weighted by Gasteiger charge is -2.12. The molecular formula is C10H12ClFN2. The molecule has 76 valence electrons. The van der Waals surface area contributed by atoms with Gasteiger partial charge < -0.3 is 11.1 Å². The van der Waals surface area contributed by atoms with Gasteiger partial charge in [0.2, 0.25) is 0 Å². The summed E-state index contributed by atoms with van der Waals surface area (Å²) in [5.74, 6) is -0.434. The van der Waals surface area contributed by atoms with Crippen molar-refractivity contribution in [1.82, 2.24) is 0 Å². The normalized spacial score (nSPS) is 15.6. The molecule has 1 aromatic rings. The SMILES string of the molecule is Cc1cc(N)c(NC2CC2)c(F)c1Cl. The van der Waals surface area contributed by atoms with E-state index in [1.807, 2.05) is 0 Å². The van der Waals surface area contributed by atoms with Crippen LogP contribution in [0.4, 0.5) is 15.8 Å². The number of hydrogen-bond donors (Lipinski definition) is 2. The van der Waals surface area contributed by atoms with Crippen LogP contribution in [-0.2, 0) is 0 Å². The lowest BCUT2D eigenvalue weighted by atomic mass is 10.2. The molecule has 0 radical (unpaired) electrons. The Kier molecular flexibility index (Phi) is 2.27. The second-order valence-electron chi connectivity index (χ2n) is 3.70. The van der Waals surface area contributed by atoms with Gasteiger partial charge in [-0.05, 0) is 31.4 Å². The Hall–Kier alpha value is -0.960. The van der Waals surface area contributed by atoms with E-state index >= 15 is 0 Å². The quantitative estimate of drug-likeness (QED) is 0.743. The van der Waals surface area contributed by atoms with Crippen LogP contribution in [0.3, 0.4) is 0 Å². The van der Waals surface area contributed by atoms with E-state index in [1.165, 1.54) is 0 Å². The van der Waals surface area contributed by atoms with Crippen molar-refractivity contribution in [3.05, 3.63) is 22.5 Å². The Morgan fingerprint density at radius 1 is 1.57 bits per heavy atom. The number of nitrogens with one attached hydrogen (secondary N) is 1. The van der Waals surface area contributed by atoms with Crippen LogP contribution < -0.4 is 11.1 Å². The van der Waals surface area contributed by atoms with E-state index in [0.29, 0.717) is 23.0 Å². The van der Waals surface area contributed by atoms with Crippen LogP contribution in [0.2, 0.25) is 5.02 Å². The molecule has 0 aliphatic heterocycles. The van der Waals surface area contributed by atoms with E-state index in [-0.39, 0.29) is 5.02 Å². The lowest BCUT2D eigenvalue weighted by molar-refractivity contribution is 0.630. The van der Waals surface area contributed by atoms with Gasteiger partial charge in [-0.3, -0.25) is 0 Å². The highest BCUT2D eigenvalue weighted by Gasteiger charge is 2.24. The van der Waals surface area contributed by atoms with Crippen molar-refractivity contribution in [2.75, 3.05) is 11.1 Å². The summed E-state index contributed by atoms with van der Waals surface area (Å²) in [6.07, 6.45) is 2.15. The number of hydrogen-bond acceptors (Lipinski definition) is 2. The molecule has 2 rings (SSSR count). The average Bonchev–Trinajstić information content (AvgIpc) is 2.92. The predicted octanol–water partition coefficient (Wildman–Crippen LogP) is 2.94. The van der Waals surface area contributed by atoms with Crippen molar-refractivity contribution in [3.63, 3.8) is 0 Å². The second-order valence-corrected chi connectivity index (χ2v) is 4.08. The van der Waals surface area contributed by atoms with Gasteiger partial charge in [0.1, 0.15) is 0 Å². The first-order chi connectivity index (χ1) is 6.59. The molecule has 1 saturated carbocycles. The number of anilines is 2. The van der Waals surface area contributed by atoms with Crippen LogP contribution in [0.15, 0.2) is 6.07 Å². The maximum absolute atomic E-state index is 13.6. The second kappa shape index (κ2) is 3.31. The van der Waals surface area contributed by atoms with Crippen LogP contribution >= 0.6 is 11.6 Å². The van der Waals surface area contributed by atoms with Crippen molar-refractivity contribution in [3.8, 4) is 0 Å². The molecule has 0 amide bonds. The van der Waals surface area contributed by atoms with E-state index in [1.54, 1.807) is 13.0 Å². The standard InChI is InChI=1S/C10H12ClFN2/c1-5-4-7(13)10(9(12)8(5)11)14-6-2-3-6/h4,6,14H,2-3,13H2,1H3.